The second-order valence-corrected chi connectivity index (χ2v) is 4.44. The highest BCUT2D eigenvalue weighted by Crippen LogP contribution is 2.32. The molecule has 0 aromatic carbocycles. The van der Waals surface area contributed by atoms with E-state index in [0.29, 0.717) is 0 Å². The summed E-state index contributed by atoms with van der Waals surface area (Å²) in [5.41, 5.74) is 2.65. The van der Waals surface area contributed by atoms with Gasteiger partial charge in [0.15, 0.2) is 0 Å². The van der Waals surface area contributed by atoms with Gasteiger partial charge in [-0.2, -0.15) is 0 Å². The van der Waals surface area contributed by atoms with E-state index in [1.54, 1.807) is 6.20 Å². The summed E-state index contributed by atoms with van der Waals surface area (Å²) >= 11 is 0. The van der Waals surface area contributed by atoms with Gasteiger partial charge in [-0.1, -0.05) is 20.3 Å². The van der Waals surface area contributed by atoms with Crippen LogP contribution in [0, 0.1) is 0 Å². The normalized spacial score (nSPS) is 20.5. The van der Waals surface area contributed by atoms with Gasteiger partial charge in [0, 0.05) is 17.8 Å². The molecule has 0 N–H and O–H groups in total. The lowest BCUT2D eigenvalue weighted by molar-refractivity contribution is 0.455. The summed E-state index contributed by atoms with van der Waals surface area (Å²) in [4.78, 5) is 8.88. The van der Waals surface area contributed by atoms with Crippen LogP contribution in [0.15, 0.2) is 12.4 Å². The zero-order chi connectivity index (χ0) is 9.31. The maximum absolute atomic E-state index is 4.47. The highest BCUT2D eigenvalue weighted by molar-refractivity contribution is 5.21. The Morgan fingerprint density at radius 3 is 2.77 bits per heavy atom. The van der Waals surface area contributed by atoms with E-state index in [-0.39, 0.29) is 5.41 Å². The molecule has 1 aromatic heterocycles. The number of hydrogen-bond donors (Lipinski definition) is 0. The van der Waals surface area contributed by atoms with Crippen LogP contribution >= 0.6 is 0 Å². The number of hydrogen-bond acceptors (Lipinski definition) is 2. The number of nitrogens with zero attached hydrogens (tertiary/aromatic N) is 2. The number of aromatic nitrogens is 2. The van der Waals surface area contributed by atoms with E-state index in [2.05, 4.69) is 23.8 Å². The van der Waals surface area contributed by atoms with E-state index in [0.717, 1.165) is 6.42 Å². The first-order valence-corrected chi connectivity index (χ1v) is 5.00. The molecule has 2 heteroatoms. The number of rotatable bonds is 0. The first-order chi connectivity index (χ1) is 6.20. The maximum atomic E-state index is 4.47. The topological polar surface area (TPSA) is 25.8 Å². The van der Waals surface area contributed by atoms with Crippen LogP contribution in [-0.2, 0) is 11.8 Å². The summed E-state index contributed by atoms with van der Waals surface area (Å²) in [7, 11) is 0. The minimum atomic E-state index is 0.222. The van der Waals surface area contributed by atoms with Crippen molar-refractivity contribution in [2.45, 2.75) is 44.9 Å². The lowest BCUT2D eigenvalue weighted by Crippen LogP contribution is -2.19. The van der Waals surface area contributed by atoms with E-state index in [1.807, 2.05) is 6.20 Å². The highest BCUT2D eigenvalue weighted by Gasteiger charge is 2.27. The second kappa shape index (κ2) is 3.09. The van der Waals surface area contributed by atoms with E-state index in [4.69, 9.17) is 0 Å². The van der Waals surface area contributed by atoms with Crippen molar-refractivity contribution in [1.29, 1.82) is 0 Å². The Morgan fingerprint density at radius 1 is 1.15 bits per heavy atom. The lowest BCUT2D eigenvalue weighted by Gasteiger charge is -2.22. The summed E-state index contributed by atoms with van der Waals surface area (Å²) in [5, 5.41) is 0. The zero-order valence-electron chi connectivity index (χ0n) is 8.38. The van der Waals surface area contributed by atoms with Crippen LogP contribution < -0.4 is 0 Å². The number of aryl methyl sites for hydroxylation is 1. The molecule has 0 bridgehead atoms. The Hall–Kier alpha value is -0.920. The predicted molar refractivity (Wildman–Crippen MR) is 52.6 cm³/mol. The van der Waals surface area contributed by atoms with E-state index >= 15 is 0 Å². The summed E-state index contributed by atoms with van der Waals surface area (Å²) in [6.45, 7) is 4.54. The molecule has 0 aliphatic heterocycles. The summed E-state index contributed by atoms with van der Waals surface area (Å²) in [5.74, 6) is 0. The van der Waals surface area contributed by atoms with Crippen molar-refractivity contribution in [3.05, 3.63) is 23.8 Å². The fraction of sp³-hybridized carbons (Fsp3) is 0.636. The molecule has 0 radical (unpaired) electrons. The fourth-order valence-electron chi connectivity index (χ4n) is 2.09. The molecule has 1 heterocycles. The molecular weight excluding hydrogens is 160 g/mol. The summed E-state index contributed by atoms with van der Waals surface area (Å²) in [6, 6.07) is 0. The minimum Gasteiger partial charge on any atom is -0.258 e. The molecule has 0 fully saturated rings. The van der Waals surface area contributed by atoms with Crippen molar-refractivity contribution in [1.82, 2.24) is 9.97 Å². The average molecular weight is 176 g/mol. The molecule has 70 valence electrons. The van der Waals surface area contributed by atoms with E-state index < -0.39 is 0 Å². The monoisotopic (exact) mass is 176 g/mol. The molecule has 2 nitrogen and oxygen atoms in total. The third kappa shape index (κ3) is 1.58. The van der Waals surface area contributed by atoms with Gasteiger partial charge >= 0.3 is 0 Å². The largest absolute Gasteiger partial charge is 0.258 e. The van der Waals surface area contributed by atoms with Crippen LogP contribution in [-0.4, -0.2) is 9.97 Å². The predicted octanol–water partition coefficient (Wildman–Crippen LogP) is 2.48. The molecule has 0 spiro atoms. The molecule has 0 unspecified atom stereocenters. The van der Waals surface area contributed by atoms with Gasteiger partial charge in [0.1, 0.15) is 0 Å². The van der Waals surface area contributed by atoms with Gasteiger partial charge in [-0.25, -0.2) is 0 Å². The molecule has 1 aliphatic rings. The quantitative estimate of drug-likeness (QED) is 0.567. The Kier molecular flexibility index (Phi) is 2.06. The van der Waals surface area contributed by atoms with Crippen LogP contribution in [0.5, 0.6) is 0 Å². The average Bonchev–Trinajstić information content (AvgIpc) is 2.26. The van der Waals surface area contributed by atoms with Crippen LogP contribution in [0.1, 0.15) is 44.5 Å². The Balaban J connectivity index is 2.48. The second-order valence-electron chi connectivity index (χ2n) is 4.44. The molecule has 0 amide bonds. The third-order valence-electron chi connectivity index (χ3n) is 2.88. The van der Waals surface area contributed by atoms with Gasteiger partial charge in [-0.3, -0.25) is 9.97 Å². The molecule has 0 atom stereocenters. The Morgan fingerprint density at radius 2 is 1.92 bits per heavy atom. The molecule has 1 aliphatic carbocycles. The van der Waals surface area contributed by atoms with Crippen LogP contribution in [0.3, 0.4) is 0 Å². The van der Waals surface area contributed by atoms with Crippen molar-refractivity contribution in [3.8, 4) is 0 Å². The standard InChI is InChI=1S/C11H16N2/c1-11(2)6-4-3-5-9-10(11)13-8-7-12-9/h7-8H,3-6H2,1-2H3. The van der Waals surface area contributed by atoms with Crippen molar-refractivity contribution in [2.75, 3.05) is 0 Å². The van der Waals surface area contributed by atoms with Crippen LogP contribution in [0.4, 0.5) is 0 Å². The Labute approximate surface area is 79.4 Å². The number of fused-ring (bicyclic) bond motifs is 1. The van der Waals surface area contributed by atoms with Crippen LogP contribution in [0.2, 0.25) is 0 Å². The first-order valence-electron chi connectivity index (χ1n) is 5.00. The van der Waals surface area contributed by atoms with Crippen molar-refractivity contribution >= 4 is 0 Å². The molecule has 13 heavy (non-hydrogen) atoms. The SMILES string of the molecule is CC1(C)CCCCc2nccnc21. The minimum absolute atomic E-state index is 0.222. The van der Waals surface area contributed by atoms with Gasteiger partial charge in [0.2, 0.25) is 0 Å². The maximum Gasteiger partial charge on any atom is 0.0674 e. The molecule has 0 saturated carbocycles. The van der Waals surface area contributed by atoms with Gasteiger partial charge in [-0.05, 0) is 19.3 Å². The smallest absolute Gasteiger partial charge is 0.0674 e. The van der Waals surface area contributed by atoms with Gasteiger partial charge < -0.3 is 0 Å². The molecule has 1 aromatic rings. The summed E-state index contributed by atoms with van der Waals surface area (Å²) in [6.07, 6.45) is 8.51. The molecule has 0 saturated heterocycles. The fourth-order valence-corrected chi connectivity index (χ4v) is 2.09. The highest BCUT2D eigenvalue weighted by atomic mass is 14.8. The van der Waals surface area contributed by atoms with E-state index in [9.17, 15) is 0 Å². The van der Waals surface area contributed by atoms with Gasteiger partial charge in [0.25, 0.3) is 0 Å². The molecular formula is C11H16N2. The Bertz CT molecular complexity index is 305. The van der Waals surface area contributed by atoms with E-state index in [1.165, 1.54) is 30.7 Å². The lowest BCUT2D eigenvalue weighted by atomic mass is 9.85. The van der Waals surface area contributed by atoms with Crippen molar-refractivity contribution < 1.29 is 0 Å². The van der Waals surface area contributed by atoms with Crippen molar-refractivity contribution in [2.24, 2.45) is 0 Å². The van der Waals surface area contributed by atoms with Gasteiger partial charge in [0.05, 0.1) is 11.4 Å². The van der Waals surface area contributed by atoms with Crippen molar-refractivity contribution in [3.63, 3.8) is 0 Å². The molecule has 2 rings (SSSR count). The third-order valence-corrected chi connectivity index (χ3v) is 2.88. The first kappa shape index (κ1) is 8.67. The zero-order valence-corrected chi connectivity index (χ0v) is 8.38. The summed E-state index contributed by atoms with van der Waals surface area (Å²) < 4.78 is 0. The van der Waals surface area contributed by atoms with Crippen LogP contribution in [0.25, 0.3) is 0 Å². The van der Waals surface area contributed by atoms with Gasteiger partial charge in [-0.15, -0.1) is 0 Å².